The molecule has 0 saturated heterocycles. The molecule has 2 aromatic heterocycles. The summed E-state index contributed by atoms with van der Waals surface area (Å²) in [5.41, 5.74) is 6.53. The molecule has 0 atom stereocenters. The van der Waals surface area contributed by atoms with E-state index in [9.17, 15) is 0 Å². The van der Waals surface area contributed by atoms with E-state index in [1.54, 1.807) is 6.07 Å². The highest BCUT2D eigenvalue weighted by Gasteiger charge is 2.04. The number of aromatic nitrogens is 3. The fourth-order valence-corrected chi connectivity index (χ4v) is 1.55. The van der Waals surface area contributed by atoms with Crippen LogP contribution in [0.1, 0.15) is 24.2 Å². The van der Waals surface area contributed by atoms with Crippen molar-refractivity contribution in [2.45, 2.75) is 27.0 Å². The average molecular weight is 263 g/mol. The van der Waals surface area contributed by atoms with E-state index >= 15 is 0 Å². The number of rotatable bonds is 6. The lowest BCUT2D eigenvalue weighted by Gasteiger charge is -2.07. The molecule has 7 nitrogen and oxygen atoms in total. The van der Waals surface area contributed by atoms with Gasteiger partial charge in [-0.3, -0.25) is 0 Å². The van der Waals surface area contributed by atoms with Crippen molar-refractivity contribution >= 4 is 11.6 Å². The van der Waals surface area contributed by atoms with Crippen LogP contribution in [0.4, 0.5) is 11.6 Å². The van der Waals surface area contributed by atoms with E-state index in [2.05, 4.69) is 20.4 Å². The lowest BCUT2D eigenvalue weighted by Crippen LogP contribution is -2.07. The second-order valence-electron chi connectivity index (χ2n) is 4.01. The van der Waals surface area contributed by atoms with E-state index in [0.29, 0.717) is 37.2 Å². The van der Waals surface area contributed by atoms with Crippen molar-refractivity contribution in [3.63, 3.8) is 0 Å². The predicted octanol–water partition coefficient (Wildman–Crippen LogP) is 1.50. The van der Waals surface area contributed by atoms with Crippen molar-refractivity contribution in [1.29, 1.82) is 0 Å². The molecule has 0 aliphatic heterocycles. The molecule has 0 radical (unpaired) electrons. The first kappa shape index (κ1) is 13.3. The van der Waals surface area contributed by atoms with E-state index in [-0.39, 0.29) is 0 Å². The zero-order valence-electron chi connectivity index (χ0n) is 11.0. The highest BCUT2D eigenvalue weighted by molar-refractivity contribution is 5.44. The normalized spacial score (nSPS) is 10.6. The minimum atomic E-state index is 0.347. The fraction of sp³-hybridized carbons (Fsp3) is 0.417. The Morgan fingerprint density at radius 2 is 2.21 bits per heavy atom. The van der Waals surface area contributed by atoms with Crippen molar-refractivity contribution in [1.82, 2.24) is 15.1 Å². The zero-order valence-corrected chi connectivity index (χ0v) is 11.0. The summed E-state index contributed by atoms with van der Waals surface area (Å²) in [6, 6.07) is 3.53. The van der Waals surface area contributed by atoms with Crippen molar-refractivity contribution in [3.05, 3.63) is 29.4 Å². The molecule has 0 aliphatic carbocycles. The quantitative estimate of drug-likeness (QED) is 0.814. The van der Waals surface area contributed by atoms with Gasteiger partial charge in [-0.25, -0.2) is 9.97 Å². The summed E-state index contributed by atoms with van der Waals surface area (Å²) in [4.78, 5) is 8.41. The van der Waals surface area contributed by atoms with Crippen LogP contribution >= 0.6 is 0 Å². The number of hydrogen-bond acceptors (Lipinski definition) is 7. The number of nitrogens with zero attached hydrogens (tertiary/aromatic N) is 3. The molecule has 2 heterocycles. The van der Waals surface area contributed by atoms with Crippen LogP contribution in [0.2, 0.25) is 0 Å². The predicted molar refractivity (Wildman–Crippen MR) is 70.3 cm³/mol. The van der Waals surface area contributed by atoms with Crippen molar-refractivity contribution in [3.8, 4) is 0 Å². The third kappa shape index (κ3) is 3.92. The van der Waals surface area contributed by atoms with Gasteiger partial charge in [0.15, 0.2) is 5.82 Å². The van der Waals surface area contributed by atoms with Gasteiger partial charge in [0.1, 0.15) is 29.7 Å². The average Bonchev–Trinajstić information content (AvgIpc) is 2.79. The molecule has 0 aliphatic rings. The Morgan fingerprint density at radius 1 is 1.37 bits per heavy atom. The maximum atomic E-state index is 5.72. The number of aryl methyl sites for hydroxylation is 1. The van der Waals surface area contributed by atoms with Gasteiger partial charge in [0.05, 0.1) is 6.54 Å². The maximum Gasteiger partial charge on any atom is 0.158 e. The lowest BCUT2D eigenvalue weighted by molar-refractivity contribution is 0.128. The second-order valence-corrected chi connectivity index (χ2v) is 4.01. The molecule has 3 N–H and O–H groups in total. The molecule has 19 heavy (non-hydrogen) atoms. The Balaban J connectivity index is 2.01. The molecular weight excluding hydrogens is 246 g/mol. The molecule has 0 spiro atoms. The largest absolute Gasteiger partial charge is 0.384 e. The smallest absolute Gasteiger partial charge is 0.158 e. The SMILES string of the molecule is CCOCc1nc(N)cc(NCc2cc(C)on2)n1. The van der Waals surface area contributed by atoms with Gasteiger partial charge >= 0.3 is 0 Å². The minimum absolute atomic E-state index is 0.347. The van der Waals surface area contributed by atoms with E-state index in [1.807, 2.05) is 19.9 Å². The number of hydrogen-bond donors (Lipinski definition) is 2. The van der Waals surface area contributed by atoms with Gasteiger partial charge in [-0.1, -0.05) is 5.16 Å². The first-order valence-electron chi connectivity index (χ1n) is 6.04. The fourth-order valence-electron chi connectivity index (χ4n) is 1.55. The number of ether oxygens (including phenoxy) is 1. The lowest BCUT2D eigenvalue weighted by atomic mass is 10.4. The molecule has 2 aromatic rings. The van der Waals surface area contributed by atoms with Gasteiger partial charge < -0.3 is 20.3 Å². The molecule has 7 heteroatoms. The van der Waals surface area contributed by atoms with Crippen LogP contribution in [0, 0.1) is 6.92 Å². The molecule has 0 aromatic carbocycles. The molecule has 2 rings (SSSR count). The van der Waals surface area contributed by atoms with E-state index in [1.165, 1.54) is 0 Å². The number of nitrogen functional groups attached to an aromatic ring is 1. The van der Waals surface area contributed by atoms with Gasteiger partial charge in [0.25, 0.3) is 0 Å². The Bertz CT molecular complexity index is 541. The molecule has 0 amide bonds. The third-order valence-electron chi connectivity index (χ3n) is 2.35. The Hall–Kier alpha value is -2.15. The summed E-state index contributed by atoms with van der Waals surface area (Å²) in [5.74, 6) is 2.38. The van der Waals surface area contributed by atoms with Gasteiger partial charge in [0.2, 0.25) is 0 Å². The first-order chi connectivity index (χ1) is 9.17. The van der Waals surface area contributed by atoms with Crippen molar-refractivity contribution in [2.75, 3.05) is 17.7 Å². The van der Waals surface area contributed by atoms with E-state index < -0.39 is 0 Å². The summed E-state index contributed by atoms with van der Waals surface area (Å²) in [6.45, 7) is 5.23. The third-order valence-corrected chi connectivity index (χ3v) is 2.35. The Morgan fingerprint density at radius 3 is 2.89 bits per heavy atom. The molecule has 102 valence electrons. The summed E-state index contributed by atoms with van der Waals surface area (Å²) >= 11 is 0. The topological polar surface area (TPSA) is 99.1 Å². The van der Waals surface area contributed by atoms with Gasteiger partial charge in [-0.2, -0.15) is 0 Å². The number of anilines is 2. The molecule has 0 saturated carbocycles. The van der Waals surface area contributed by atoms with Gasteiger partial charge in [0, 0.05) is 18.7 Å². The van der Waals surface area contributed by atoms with Crippen molar-refractivity contribution in [2.24, 2.45) is 0 Å². The molecular formula is C12H17N5O2. The highest BCUT2D eigenvalue weighted by atomic mass is 16.5. The van der Waals surface area contributed by atoms with Crippen LogP contribution < -0.4 is 11.1 Å². The summed E-state index contributed by atoms with van der Waals surface area (Å²) in [7, 11) is 0. The van der Waals surface area contributed by atoms with E-state index in [4.69, 9.17) is 15.0 Å². The van der Waals surface area contributed by atoms with Crippen LogP contribution in [-0.2, 0) is 17.9 Å². The maximum absolute atomic E-state index is 5.72. The standard InChI is InChI=1S/C12H17N5O2/c1-3-18-7-12-15-10(13)5-11(16-12)14-6-9-4-8(2)19-17-9/h4-5H,3,6-7H2,1-2H3,(H3,13,14,15,16). The summed E-state index contributed by atoms with van der Waals surface area (Å²) in [5, 5.41) is 7.01. The van der Waals surface area contributed by atoms with E-state index in [0.717, 1.165) is 11.5 Å². The molecule has 0 bridgehead atoms. The van der Waals surface area contributed by atoms with Crippen LogP contribution in [-0.4, -0.2) is 21.7 Å². The Kier molecular flexibility index (Phi) is 4.30. The minimum Gasteiger partial charge on any atom is -0.384 e. The second kappa shape index (κ2) is 6.14. The monoisotopic (exact) mass is 263 g/mol. The van der Waals surface area contributed by atoms with Crippen LogP contribution in [0.5, 0.6) is 0 Å². The number of nitrogens with two attached hydrogens (primary N) is 1. The van der Waals surface area contributed by atoms with Gasteiger partial charge in [-0.15, -0.1) is 0 Å². The van der Waals surface area contributed by atoms with Crippen LogP contribution in [0.25, 0.3) is 0 Å². The summed E-state index contributed by atoms with van der Waals surface area (Å²) in [6.07, 6.45) is 0. The summed E-state index contributed by atoms with van der Waals surface area (Å²) < 4.78 is 10.2. The number of nitrogens with one attached hydrogen (secondary N) is 1. The van der Waals surface area contributed by atoms with Crippen molar-refractivity contribution < 1.29 is 9.26 Å². The zero-order chi connectivity index (χ0) is 13.7. The Labute approximate surface area is 111 Å². The molecule has 0 fully saturated rings. The highest BCUT2D eigenvalue weighted by Crippen LogP contribution is 2.11. The van der Waals surface area contributed by atoms with Gasteiger partial charge in [-0.05, 0) is 13.8 Å². The first-order valence-corrected chi connectivity index (χ1v) is 6.04. The molecule has 0 unspecified atom stereocenters. The van der Waals surface area contributed by atoms with Crippen LogP contribution in [0.15, 0.2) is 16.7 Å². The van der Waals surface area contributed by atoms with Crippen LogP contribution in [0.3, 0.4) is 0 Å².